The standard InChI is InChI=1S/C23H33N3O2/c1-16(2)26-13-10-21(11-14-26)15-20-7-5-19(6-8-20)9-12-24-23(27)22-17(3)25-28-18(22)4/h5-8,16,21H,9-15H2,1-4H3,(H,24,27). The Balaban J connectivity index is 1.43. The first-order valence-corrected chi connectivity index (χ1v) is 10.5. The molecule has 1 fully saturated rings. The van der Waals surface area contributed by atoms with Crippen molar-refractivity contribution >= 4 is 5.91 Å². The van der Waals surface area contributed by atoms with Crippen LogP contribution >= 0.6 is 0 Å². The highest BCUT2D eigenvalue weighted by molar-refractivity contribution is 5.96. The molecule has 1 aromatic heterocycles. The van der Waals surface area contributed by atoms with E-state index in [-0.39, 0.29) is 5.91 Å². The Kier molecular flexibility index (Phi) is 6.89. The van der Waals surface area contributed by atoms with Crippen molar-refractivity contribution in [3.05, 3.63) is 52.4 Å². The molecule has 1 N–H and O–H groups in total. The molecule has 1 aliphatic rings. The van der Waals surface area contributed by atoms with Gasteiger partial charge < -0.3 is 14.7 Å². The van der Waals surface area contributed by atoms with Crippen LogP contribution in [0.3, 0.4) is 0 Å². The highest BCUT2D eigenvalue weighted by Gasteiger charge is 2.21. The van der Waals surface area contributed by atoms with E-state index in [1.165, 1.54) is 43.5 Å². The molecular weight excluding hydrogens is 350 g/mol. The number of amides is 1. The molecular formula is C23H33N3O2. The number of benzene rings is 1. The van der Waals surface area contributed by atoms with E-state index < -0.39 is 0 Å². The molecule has 0 radical (unpaired) electrons. The zero-order valence-electron chi connectivity index (χ0n) is 17.6. The summed E-state index contributed by atoms with van der Waals surface area (Å²) in [7, 11) is 0. The van der Waals surface area contributed by atoms with Crippen molar-refractivity contribution in [1.82, 2.24) is 15.4 Å². The highest BCUT2D eigenvalue weighted by atomic mass is 16.5. The van der Waals surface area contributed by atoms with Gasteiger partial charge in [0.05, 0.1) is 5.69 Å². The van der Waals surface area contributed by atoms with Gasteiger partial charge in [-0.1, -0.05) is 29.4 Å². The van der Waals surface area contributed by atoms with E-state index in [0.29, 0.717) is 29.6 Å². The van der Waals surface area contributed by atoms with Crippen LogP contribution in [0.5, 0.6) is 0 Å². The maximum absolute atomic E-state index is 12.3. The number of likely N-dealkylation sites (tertiary alicyclic amines) is 1. The van der Waals surface area contributed by atoms with Crippen LogP contribution in [-0.2, 0) is 12.8 Å². The summed E-state index contributed by atoms with van der Waals surface area (Å²) in [4.78, 5) is 14.8. The molecule has 1 aliphatic heterocycles. The van der Waals surface area contributed by atoms with E-state index in [1.807, 2.05) is 0 Å². The summed E-state index contributed by atoms with van der Waals surface area (Å²) in [6.07, 6.45) is 4.60. The van der Waals surface area contributed by atoms with E-state index in [0.717, 1.165) is 12.3 Å². The second-order valence-electron chi connectivity index (χ2n) is 8.30. The lowest BCUT2D eigenvalue weighted by atomic mass is 9.89. The van der Waals surface area contributed by atoms with Crippen molar-refractivity contribution in [3.63, 3.8) is 0 Å². The second kappa shape index (κ2) is 9.37. The largest absolute Gasteiger partial charge is 0.361 e. The van der Waals surface area contributed by atoms with Crippen LogP contribution in [0.15, 0.2) is 28.8 Å². The summed E-state index contributed by atoms with van der Waals surface area (Å²) in [6, 6.07) is 9.56. The summed E-state index contributed by atoms with van der Waals surface area (Å²) in [6.45, 7) is 11.2. The minimum absolute atomic E-state index is 0.111. The summed E-state index contributed by atoms with van der Waals surface area (Å²) in [5.74, 6) is 1.26. The van der Waals surface area contributed by atoms with Gasteiger partial charge in [0.25, 0.3) is 5.91 Å². The minimum Gasteiger partial charge on any atom is -0.361 e. The molecule has 28 heavy (non-hydrogen) atoms. The number of aryl methyl sites for hydroxylation is 2. The Morgan fingerprint density at radius 2 is 1.82 bits per heavy atom. The third-order valence-corrected chi connectivity index (χ3v) is 5.89. The predicted octanol–water partition coefficient (Wildman–Crippen LogP) is 3.93. The van der Waals surface area contributed by atoms with E-state index in [4.69, 9.17) is 4.52 Å². The smallest absolute Gasteiger partial charge is 0.256 e. The number of rotatable bonds is 7. The fraction of sp³-hybridized carbons (Fsp3) is 0.565. The van der Waals surface area contributed by atoms with Crippen LogP contribution in [0.25, 0.3) is 0 Å². The Hall–Kier alpha value is -2.14. The molecule has 0 atom stereocenters. The lowest BCUT2D eigenvalue weighted by Gasteiger charge is -2.34. The van der Waals surface area contributed by atoms with Crippen molar-refractivity contribution in [1.29, 1.82) is 0 Å². The van der Waals surface area contributed by atoms with Gasteiger partial charge >= 0.3 is 0 Å². The molecule has 0 spiro atoms. The Labute approximate surface area is 168 Å². The minimum atomic E-state index is -0.111. The molecule has 0 unspecified atom stereocenters. The van der Waals surface area contributed by atoms with Gasteiger partial charge in [0, 0.05) is 12.6 Å². The second-order valence-corrected chi connectivity index (χ2v) is 8.30. The van der Waals surface area contributed by atoms with Crippen LogP contribution < -0.4 is 5.32 Å². The van der Waals surface area contributed by atoms with Crippen molar-refractivity contribution < 1.29 is 9.32 Å². The number of carbonyl (C=O) groups excluding carboxylic acids is 1. The monoisotopic (exact) mass is 383 g/mol. The SMILES string of the molecule is Cc1noc(C)c1C(=O)NCCc1ccc(CC2CCN(C(C)C)CC2)cc1. The van der Waals surface area contributed by atoms with E-state index in [1.54, 1.807) is 13.8 Å². The van der Waals surface area contributed by atoms with Gasteiger partial charge in [0.1, 0.15) is 11.3 Å². The van der Waals surface area contributed by atoms with Gasteiger partial charge in [-0.2, -0.15) is 0 Å². The summed E-state index contributed by atoms with van der Waals surface area (Å²) < 4.78 is 5.06. The summed E-state index contributed by atoms with van der Waals surface area (Å²) in [5.41, 5.74) is 3.86. The van der Waals surface area contributed by atoms with Crippen molar-refractivity contribution in [2.24, 2.45) is 5.92 Å². The average molecular weight is 384 g/mol. The molecule has 5 nitrogen and oxygen atoms in total. The van der Waals surface area contributed by atoms with Crippen LogP contribution in [0.4, 0.5) is 0 Å². The normalized spacial score (nSPS) is 15.9. The molecule has 0 saturated carbocycles. The fourth-order valence-electron chi connectivity index (χ4n) is 4.06. The lowest BCUT2D eigenvalue weighted by Crippen LogP contribution is -2.38. The number of nitrogens with zero attached hydrogens (tertiary/aromatic N) is 2. The molecule has 3 rings (SSSR count). The van der Waals surface area contributed by atoms with E-state index >= 15 is 0 Å². The maximum Gasteiger partial charge on any atom is 0.256 e. The molecule has 152 valence electrons. The van der Waals surface area contributed by atoms with Gasteiger partial charge in [-0.15, -0.1) is 0 Å². The van der Waals surface area contributed by atoms with Gasteiger partial charge in [0.2, 0.25) is 0 Å². The zero-order valence-corrected chi connectivity index (χ0v) is 17.6. The van der Waals surface area contributed by atoms with Crippen molar-refractivity contribution in [2.45, 2.75) is 59.4 Å². The van der Waals surface area contributed by atoms with Gasteiger partial charge in [-0.3, -0.25) is 4.79 Å². The molecule has 0 aliphatic carbocycles. The van der Waals surface area contributed by atoms with E-state index in [2.05, 4.69) is 53.5 Å². The highest BCUT2D eigenvalue weighted by Crippen LogP contribution is 2.23. The summed E-state index contributed by atoms with van der Waals surface area (Å²) in [5, 5.41) is 6.80. The third-order valence-electron chi connectivity index (χ3n) is 5.89. The number of hydrogen-bond acceptors (Lipinski definition) is 4. The topological polar surface area (TPSA) is 58.4 Å². The summed E-state index contributed by atoms with van der Waals surface area (Å²) >= 11 is 0. The van der Waals surface area contributed by atoms with Gasteiger partial charge in [-0.05, 0) is 83.5 Å². The Morgan fingerprint density at radius 3 is 2.39 bits per heavy atom. The third kappa shape index (κ3) is 5.22. The number of hydrogen-bond donors (Lipinski definition) is 1. The molecule has 1 aromatic carbocycles. The number of nitrogens with one attached hydrogen (secondary N) is 1. The van der Waals surface area contributed by atoms with Crippen molar-refractivity contribution in [3.8, 4) is 0 Å². The van der Waals surface area contributed by atoms with Gasteiger partial charge in [0.15, 0.2) is 0 Å². The molecule has 2 heterocycles. The molecule has 2 aromatic rings. The number of piperidine rings is 1. The Bertz CT molecular complexity index is 752. The Morgan fingerprint density at radius 1 is 1.18 bits per heavy atom. The average Bonchev–Trinajstić information content (AvgIpc) is 3.02. The van der Waals surface area contributed by atoms with Crippen molar-refractivity contribution in [2.75, 3.05) is 19.6 Å². The van der Waals surface area contributed by atoms with Crippen LogP contribution in [0.2, 0.25) is 0 Å². The molecule has 1 saturated heterocycles. The predicted molar refractivity (Wildman–Crippen MR) is 112 cm³/mol. The van der Waals surface area contributed by atoms with E-state index in [9.17, 15) is 4.79 Å². The quantitative estimate of drug-likeness (QED) is 0.787. The first-order valence-electron chi connectivity index (χ1n) is 10.5. The molecule has 5 heteroatoms. The fourth-order valence-corrected chi connectivity index (χ4v) is 4.06. The van der Waals surface area contributed by atoms with Crippen LogP contribution in [0.1, 0.15) is 59.6 Å². The lowest BCUT2D eigenvalue weighted by molar-refractivity contribution is 0.0952. The van der Waals surface area contributed by atoms with Crippen LogP contribution in [0, 0.1) is 19.8 Å². The number of aromatic nitrogens is 1. The maximum atomic E-state index is 12.3. The first-order chi connectivity index (χ1) is 13.4. The molecule has 0 bridgehead atoms. The zero-order chi connectivity index (χ0) is 20.1. The number of carbonyl (C=O) groups is 1. The van der Waals surface area contributed by atoms with Gasteiger partial charge in [-0.25, -0.2) is 0 Å². The molecule has 1 amide bonds. The first kappa shape index (κ1) is 20.6. The van der Waals surface area contributed by atoms with Crippen LogP contribution in [-0.4, -0.2) is 41.6 Å².